The molecular weight excluding hydrogens is 168 g/mol. The SMILES string of the molecule is CCCCCC/C=C/C1C=CCCC1. The van der Waals surface area contributed by atoms with Gasteiger partial charge in [0.25, 0.3) is 0 Å². The van der Waals surface area contributed by atoms with Gasteiger partial charge < -0.3 is 0 Å². The van der Waals surface area contributed by atoms with Crippen LogP contribution in [0.4, 0.5) is 0 Å². The summed E-state index contributed by atoms with van der Waals surface area (Å²) in [5.41, 5.74) is 0. The van der Waals surface area contributed by atoms with Gasteiger partial charge >= 0.3 is 0 Å². The summed E-state index contributed by atoms with van der Waals surface area (Å²) in [6.45, 7) is 2.27. The Morgan fingerprint density at radius 1 is 1.29 bits per heavy atom. The van der Waals surface area contributed by atoms with Crippen molar-refractivity contribution in [2.24, 2.45) is 5.92 Å². The molecule has 0 heterocycles. The van der Waals surface area contributed by atoms with Crippen molar-refractivity contribution < 1.29 is 0 Å². The summed E-state index contributed by atoms with van der Waals surface area (Å²) in [6.07, 6.45) is 20.3. The van der Waals surface area contributed by atoms with Crippen molar-refractivity contribution in [3.8, 4) is 0 Å². The first-order valence-corrected chi connectivity index (χ1v) is 6.27. The van der Waals surface area contributed by atoms with E-state index in [1.807, 2.05) is 0 Å². The van der Waals surface area contributed by atoms with Crippen LogP contribution in [0.15, 0.2) is 24.3 Å². The van der Waals surface area contributed by atoms with Gasteiger partial charge in [0.2, 0.25) is 0 Å². The Morgan fingerprint density at radius 2 is 2.21 bits per heavy atom. The molecule has 0 amide bonds. The fraction of sp³-hybridized carbons (Fsp3) is 0.714. The largest absolute Gasteiger partial charge is 0.0879 e. The zero-order valence-corrected chi connectivity index (χ0v) is 9.54. The van der Waals surface area contributed by atoms with Crippen LogP contribution in [0.3, 0.4) is 0 Å². The molecule has 0 aliphatic heterocycles. The van der Waals surface area contributed by atoms with E-state index in [9.17, 15) is 0 Å². The lowest BCUT2D eigenvalue weighted by molar-refractivity contribution is 0.625. The van der Waals surface area contributed by atoms with Crippen molar-refractivity contribution >= 4 is 0 Å². The van der Waals surface area contributed by atoms with Crippen LogP contribution in [-0.2, 0) is 0 Å². The first kappa shape index (κ1) is 11.6. The third kappa shape index (κ3) is 5.26. The first-order chi connectivity index (χ1) is 6.93. The van der Waals surface area contributed by atoms with Crippen molar-refractivity contribution in [2.75, 3.05) is 0 Å². The van der Waals surface area contributed by atoms with E-state index < -0.39 is 0 Å². The average molecular weight is 192 g/mol. The Bertz CT molecular complexity index is 176. The van der Waals surface area contributed by atoms with Gasteiger partial charge in [-0.1, -0.05) is 50.5 Å². The Hall–Kier alpha value is -0.520. The third-order valence-electron chi connectivity index (χ3n) is 2.90. The quantitative estimate of drug-likeness (QED) is 0.416. The highest BCUT2D eigenvalue weighted by Crippen LogP contribution is 2.18. The van der Waals surface area contributed by atoms with Gasteiger partial charge in [0.15, 0.2) is 0 Å². The molecule has 0 aromatic carbocycles. The van der Waals surface area contributed by atoms with E-state index in [2.05, 4.69) is 31.2 Å². The predicted molar refractivity (Wildman–Crippen MR) is 64.4 cm³/mol. The molecule has 1 aliphatic rings. The minimum absolute atomic E-state index is 0.745. The molecule has 0 radical (unpaired) electrons. The smallest absolute Gasteiger partial charge is 0.00534 e. The second-order valence-electron chi connectivity index (χ2n) is 4.30. The summed E-state index contributed by atoms with van der Waals surface area (Å²) in [7, 11) is 0. The van der Waals surface area contributed by atoms with Crippen LogP contribution in [0.5, 0.6) is 0 Å². The minimum atomic E-state index is 0.745. The highest BCUT2D eigenvalue weighted by Gasteiger charge is 2.02. The maximum Gasteiger partial charge on any atom is -0.00534 e. The third-order valence-corrected chi connectivity index (χ3v) is 2.90. The van der Waals surface area contributed by atoms with Crippen molar-refractivity contribution in [1.82, 2.24) is 0 Å². The van der Waals surface area contributed by atoms with E-state index in [1.165, 1.54) is 51.4 Å². The highest BCUT2D eigenvalue weighted by molar-refractivity contribution is 5.03. The van der Waals surface area contributed by atoms with Crippen LogP contribution in [-0.4, -0.2) is 0 Å². The molecule has 1 unspecified atom stereocenters. The van der Waals surface area contributed by atoms with Crippen LogP contribution in [0.25, 0.3) is 0 Å². The molecule has 14 heavy (non-hydrogen) atoms. The summed E-state index contributed by atoms with van der Waals surface area (Å²) < 4.78 is 0. The lowest BCUT2D eigenvalue weighted by Crippen LogP contribution is -1.95. The molecule has 1 atom stereocenters. The average Bonchev–Trinajstić information content (AvgIpc) is 2.25. The van der Waals surface area contributed by atoms with Crippen LogP contribution >= 0.6 is 0 Å². The molecular formula is C14H24. The van der Waals surface area contributed by atoms with Gasteiger partial charge in [-0.25, -0.2) is 0 Å². The molecule has 0 saturated carbocycles. The van der Waals surface area contributed by atoms with Crippen LogP contribution in [0, 0.1) is 5.92 Å². The lowest BCUT2D eigenvalue weighted by atomic mass is 9.95. The van der Waals surface area contributed by atoms with Gasteiger partial charge in [-0.15, -0.1) is 0 Å². The van der Waals surface area contributed by atoms with E-state index in [0.29, 0.717) is 0 Å². The maximum absolute atomic E-state index is 2.40. The molecule has 0 heteroatoms. The normalized spacial score (nSPS) is 21.9. The van der Waals surface area contributed by atoms with Gasteiger partial charge in [-0.05, 0) is 38.0 Å². The standard InChI is InChI=1S/C14H24/c1-2-3-4-5-6-8-11-14-12-9-7-10-13-14/h8-9,11-12,14H,2-7,10,13H2,1H3/b11-8+. The molecule has 80 valence electrons. The summed E-state index contributed by atoms with van der Waals surface area (Å²) in [4.78, 5) is 0. The van der Waals surface area contributed by atoms with Crippen LogP contribution < -0.4 is 0 Å². The molecule has 0 spiro atoms. The summed E-state index contributed by atoms with van der Waals surface area (Å²) >= 11 is 0. The maximum atomic E-state index is 2.40. The van der Waals surface area contributed by atoms with Crippen LogP contribution in [0.2, 0.25) is 0 Å². The van der Waals surface area contributed by atoms with Gasteiger partial charge in [-0.2, -0.15) is 0 Å². The second kappa shape index (κ2) is 7.84. The Balaban J connectivity index is 2.02. The van der Waals surface area contributed by atoms with Crippen molar-refractivity contribution in [3.05, 3.63) is 24.3 Å². The minimum Gasteiger partial charge on any atom is -0.0879 e. The lowest BCUT2D eigenvalue weighted by Gasteiger charge is -2.11. The molecule has 0 fully saturated rings. The molecule has 0 N–H and O–H groups in total. The number of hydrogen-bond donors (Lipinski definition) is 0. The Morgan fingerprint density at radius 3 is 2.93 bits per heavy atom. The van der Waals surface area contributed by atoms with E-state index in [1.54, 1.807) is 0 Å². The van der Waals surface area contributed by atoms with Crippen molar-refractivity contribution in [1.29, 1.82) is 0 Å². The Labute approximate surface area is 89.1 Å². The Kier molecular flexibility index (Phi) is 6.47. The van der Waals surface area contributed by atoms with Crippen molar-refractivity contribution in [3.63, 3.8) is 0 Å². The fourth-order valence-electron chi connectivity index (χ4n) is 1.96. The number of allylic oxidation sites excluding steroid dienone is 4. The van der Waals surface area contributed by atoms with E-state index in [-0.39, 0.29) is 0 Å². The molecule has 0 saturated heterocycles. The summed E-state index contributed by atoms with van der Waals surface area (Å²) in [6, 6.07) is 0. The number of rotatable bonds is 6. The van der Waals surface area contributed by atoms with Gasteiger partial charge in [0, 0.05) is 0 Å². The molecule has 0 aromatic rings. The van der Waals surface area contributed by atoms with E-state index >= 15 is 0 Å². The topological polar surface area (TPSA) is 0 Å². The summed E-state index contributed by atoms with van der Waals surface area (Å²) in [5.74, 6) is 0.745. The first-order valence-electron chi connectivity index (χ1n) is 6.27. The number of hydrogen-bond acceptors (Lipinski definition) is 0. The van der Waals surface area contributed by atoms with Crippen LogP contribution in [0.1, 0.15) is 58.3 Å². The summed E-state index contributed by atoms with van der Waals surface area (Å²) in [5, 5.41) is 0. The van der Waals surface area contributed by atoms with Gasteiger partial charge in [0.05, 0.1) is 0 Å². The number of unbranched alkanes of at least 4 members (excludes halogenated alkanes) is 4. The molecule has 0 bridgehead atoms. The van der Waals surface area contributed by atoms with Gasteiger partial charge in [-0.3, -0.25) is 0 Å². The highest BCUT2D eigenvalue weighted by atomic mass is 14.1. The fourth-order valence-corrected chi connectivity index (χ4v) is 1.96. The van der Waals surface area contributed by atoms with Crippen molar-refractivity contribution in [2.45, 2.75) is 58.3 Å². The zero-order valence-electron chi connectivity index (χ0n) is 9.54. The second-order valence-corrected chi connectivity index (χ2v) is 4.30. The van der Waals surface area contributed by atoms with Gasteiger partial charge in [0.1, 0.15) is 0 Å². The van der Waals surface area contributed by atoms with E-state index in [4.69, 9.17) is 0 Å². The molecule has 0 nitrogen and oxygen atoms in total. The van der Waals surface area contributed by atoms with E-state index in [0.717, 1.165) is 5.92 Å². The molecule has 1 rings (SSSR count). The monoisotopic (exact) mass is 192 g/mol. The predicted octanol–water partition coefficient (Wildman–Crippen LogP) is 4.87. The zero-order chi connectivity index (χ0) is 10.1. The molecule has 0 aromatic heterocycles. The molecule has 1 aliphatic carbocycles.